The zero-order valence-corrected chi connectivity index (χ0v) is 12.4. The van der Waals surface area contributed by atoms with Gasteiger partial charge < -0.3 is 4.74 Å². The highest BCUT2D eigenvalue weighted by atomic mass is 16.6. The third-order valence-electron chi connectivity index (χ3n) is 5.47. The van der Waals surface area contributed by atoms with Crippen molar-refractivity contribution in [2.75, 3.05) is 0 Å². The highest BCUT2D eigenvalue weighted by Crippen LogP contribution is 2.45. The number of hydrogen-bond donors (Lipinski definition) is 0. The number of esters is 1. The maximum Gasteiger partial charge on any atom is 0.310 e. The minimum atomic E-state index is -0.441. The molecule has 3 atom stereocenters. The van der Waals surface area contributed by atoms with Crippen LogP contribution in [0.2, 0.25) is 0 Å². The van der Waals surface area contributed by atoms with E-state index >= 15 is 0 Å². The Bertz CT molecular complexity index is 439. The average molecular weight is 276 g/mol. The fourth-order valence-corrected chi connectivity index (χ4v) is 4.10. The van der Waals surface area contributed by atoms with Gasteiger partial charge in [0, 0.05) is 12.8 Å². The summed E-state index contributed by atoms with van der Waals surface area (Å²) in [6, 6.07) is 0. The molecule has 0 spiro atoms. The van der Waals surface area contributed by atoms with Gasteiger partial charge in [-0.05, 0) is 57.3 Å². The lowest BCUT2D eigenvalue weighted by Crippen LogP contribution is -2.41. The Morgan fingerprint density at radius 1 is 1.20 bits per heavy atom. The van der Waals surface area contributed by atoms with Gasteiger partial charge in [-0.15, -0.1) is 0 Å². The molecule has 3 aliphatic rings. The van der Waals surface area contributed by atoms with Crippen molar-refractivity contribution in [3.8, 4) is 0 Å². The number of allylic oxidation sites excluding steroid dienone is 2. The van der Waals surface area contributed by atoms with Gasteiger partial charge >= 0.3 is 5.97 Å². The van der Waals surface area contributed by atoms with E-state index in [4.69, 9.17) is 4.74 Å². The van der Waals surface area contributed by atoms with Crippen LogP contribution in [0.3, 0.4) is 0 Å². The van der Waals surface area contributed by atoms with Crippen molar-refractivity contribution in [2.45, 2.75) is 58.0 Å². The van der Waals surface area contributed by atoms with E-state index in [2.05, 4.69) is 12.2 Å². The van der Waals surface area contributed by atoms with Gasteiger partial charge in [0.15, 0.2) is 0 Å². The van der Waals surface area contributed by atoms with Crippen LogP contribution in [0.25, 0.3) is 0 Å². The van der Waals surface area contributed by atoms with Crippen LogP contribution in [0.1, 0.15) is 52.4 Å². The standard InChI is InChI=1S/C17H24O3/c1-17(2,13-5-7-14(18)8-6-13)20-16(19)15-10-11-3-4-12(15)9-11/h3-4,11-13,15H,5-10H2,1-2H3. The first-order valence-corrected chi connectivity index (χ1v) is 7.88. The number of fused-ring (bicyclic) bond motifs is 2. The number of carbonyl (C=O) groups excluding carboxylic acids is 2. The van der Waals surface area contributed by atoms with Gasteiger partial charge in [0.2, 0.25) is 0 Å². The molecule has 3 rings (SSSR count). The normalized spacial score (nSPS) is 33.7. The van der Waals surface area contributed by atoms with Crippen LogP contribution in [-0.4, -0.2) is 17.4 Å². The summed E-state index contributed by atoms with van der Waals surface area (Å²) in [4.78, 5) is 23.8. The highest BCUT2D eigenvalue weighted by molar-refractivity contribution is 5.79. The van der Waals surface area contributed by atoms with E-state index in [1.54, 1.807) is 0 Å². The van der Waals surface area contributed by atoms with Crippen LogP contribution in [0, 0.1) is 23.7 Å². The molecule has 0 N–H and O–H groups in total. The van der Waals surface area contributed by atoms with Crippen LogP contribution in [0.5, 0.6) is 0 Å². The topological polar surface area (TPSA) is 43.4 Å². The molecule has 2 bridgehead atoms. The molecule has 110 valence electrons. The molecule has 0 aromatic carbocycles. The molecule has 0 radical (unpaired) electrons. The lowest BCUT2D eigenvalue weighted by molar-refractivity contribution is -0.169. The number of rotatable bonds is 3. The molecule has 20 heavy (non-hydrogen) atoms. The van der Waals surface area contributed by atoms with Gasteiger partial charge in [0.05, 0.1) is 5.92 Å². The summed E-state index contributed by atoms with van der Waals surface area (Å²) < 4.78 is 5.87. The summed E-state index contributed by atoms with van der Waals surface area (Å²) in [5, 5.41) is 0. The van der Waals surface area contributed by atoms with E-state index in [9.17, 15) is 9.59 Å². The van der Waals surface area contributed by atoms with Crippen LogP contribution in [0.4, 0.5) is 0 Å². The minimum absolute atomic E-state index is 0.0243. The molecule has 3 aliphatic carbocycles. The van der Waals surface area contributed by atoms with Crippen molar-refractivity contribution >= 4 is 11.8 Å². The van der Waals surface area contributed by atoms with E-state index in [1.807, 2.05) is 13.8 Å². The molecule has 0 aromatic rings. The largest absolute Gasteiger partial charge is 0.459 e. The Labute approximate surface area is 120 Å². The molecule has 0 saturated heterocycles. The Hall–Kier alpha value is -1.12. The van der Waals surface area contributed by atoms with Crippen molar-refractivity contribution in [1.82, 2.24) is 0 Å². The SMILES string of the molecule is CC(C)(OC(=O)C1CC2C=CC1C2)C1CCC(=O)CC1. The third kappa shape index (κ3) is 2.55. The quantitative estimate of drug-likeness (QED) is 0.587. The van der Waals surface area contributed by atoms with Crippen molar-refractivity contribution in [3.63, 3.8) is 0 Å². The molecule has 0 aromatic heterocycles. The molecule has 2 saturated carbocycles. The number of carbonyl (C=O) groups is 2. The van der Waals surface area contributed by atoms with Crippen LogP contribution >= 0.6 is 0 Å². The molecule has 0 amide bonds. The maximum atomic E-state index is 12.4. The predicted octanol–water partition coefficient (Wildman–Crippen LogP) is 3.28. The van der Waals surface area contributed by atoms with E-state index in [1.165, 1.54) is 0 Å². The number of hydrogen-bond acceptors (Lipinski definition) is 3. The lowest BCUT2D eigenvalue weighted by Gasteiger charge is -2.37. The Balaban J connectivity index is 1.60. The van der Waals surface area contributed by atoms with Gasteiger partial charge in [-0.2, -0.15) is 0 Å². The number of Topliss-reactive ketones (excluding diaryl/α,β-unsaturated/α-hetero) is 1. The fraction of sp³-hybridized carbons (Fsp3) is 0.765. The van der Waals surface area contributed by atoms with Gasteiger partial charge in [-0.25, -0.2) is 0 Å². The zero-order chi connectivity index (χ0) is 14.3. The smallest absolute Gasteiger partial charge is 0.310 e. The van der Waals surface area contributed by atoms with Crippen molar-refractivity contribution < 1.29 is 14.3 Å². The van der Waals surface area contributed by atoms with Crippen molar-refractivity contribution in [2.24, 2.45) is 23.7 Å². The average Bonchev–Trinajstić information content (AvgIpc) is 3.01. The van der Waals surface area contributed by atoms with Gasteiger partial charge in [-0.1, -0.05) is 12.2 Å². The molecule has 3 nitrogen and oxygen atoms in total. The molecule has 0 aliphatic heterocycles. The van der Waals surface area contributed by atoms with Gasteiger partial charge in [-0.3, -0.25) is 9.59 Å². The van der Waals surface area contributed by atoms with Gasteiger partial charge in [0.25, 0.3) is 0 Å². The van der Waals surface area contributed by atoms with Crippen LogP contribution < -0.4 is 0 Å². The van der Waals surface area contributed by atoms with E-state index in [0.29, 0.717) is 36.4 Å². The van der Waals surface area contributed by atoms with Crippen LogP contribution in [0.15, 0.2) is 12.2 Å². The first kappa shape index (κ1) is 13.8. The predicted molar refractivity (Wildman–Crippen MR) is 76.0 cm³/mol. The summed E-state index contributed by atoms with van der Waals surface area (Å²) in [5.74, 6) is 1.70. The summed E-state index contributed by atoms with van der Waals surface area (Å²) >= 11 is 0. The first-order valence-electron chi connectivity index (χ1n) is 7.88. The van der Waals surface area contributed by atoms with E-state index in [-0.39, 0.29) is 11.9 Å². The third-order valence-corrected chi connectivity index (χ3v) is 5.47. The van der Waals surface area contributed by atoms with Crippen molar-refractivity contribution in [1.29, 1.82) is 0 Å². The van der Waals surface area contributed by atoms with Crippen molar-refractivity contribution in [3.05, 3.63) is 12.2 Å². The highest BCUT2D eigenvalue weighted by Gasteiger charge is 2.44. The second-order valence-electron chi connectivity index (χ2n) is 7.22. The summed E-state index contributed by atoms with van der Waals surface area (Å²) in [6.07, 6.45) is 9.51. The summed E-state index contributed by atoms with van der Waals surface area (Å²) in [6.45, 7) is 4.02. The zero-order valence-electron chi connectivity index (χ0n) is 12.4. The maximum absolute atomic E-state index is 12.4. The second kappa shape index (κ2) is 5.01. The molecule has 3 unspecified atom stereocenters. The Morgan fingerprint density at radius 3 is 2.45 bits per heavy atom. The monoisotopic (exact) mass is 276 g/mol. The van der Waals surface area contributed by atoms with E-state index in [0.717, 1.165) is 25.7 Å². The summed E-state index contributed by atoms with van der Waals surface area (Å²) in [7, 11) is 0. The molecule has 2 fully saturated rings. The number of ether oxygens (including phenoxy) is 1. The molecule has 3 heteroatoms. The molecular formula is C17H24O3. The lowest BCUT2D eigenvalue weighted by atomic mass is 9.78. The van der Waals surface area contributed by atoms with Crippen LogP contribution in [-0.2, 0) is 14.3 Å². The molecular weight excluding hydrogens is 252 g/mol. The summed E-state index contributed by atoms with van der Waals surface area (Å²) in [5.41, 5.74) is -0.441. The molecule has 0 heterocycles. The van der Waals surface area contributed by atoms with Gasteiger partial charge in [0.1, 0.15) is 11.4 Å². The minimum Gasteiger partial charge on any atom is -0.459 e. The first-order chi connectivity index (χ1) is 9.45. The fourth-order valence-electron chi connectivity index (χ4n) is 4.10. The second-order valence-corrected chi connectivity index (χ2v) is 7.22. The Kier molecular flexibility index (Phi) is 3.47. The number of ketones is 1. The van der Waals surface area contributed by atoms with E-state index < -0.39 is 5.60 Å². The Morgan fingerprint density at radius 2 is 1.90 bits per heavy atom.